The molecule has 0 saturated carbocycles. The van der Waals surface area contributed by atoms with Crippen LogP contribution in [0.2, 0.25) is 0 Å². The van der Waals surface area contributed by atoms with Crippen molar-refractivity contribution in [2.45, 2.75) is 6.92 Å². The lowest BCUT2D eigenvalue weighted by molar-refractivity contribution is -0.484. The van der Waals surface area contributed by atoms with E-state index in [1.807, 2.05) is 48.8 Å². The number of furan rings is 1. The van der Waals surface area contributed by atoms with Crippen LogP contribution in [0.15, 0.2) is 56.7 Å². The van der Waals surface area contributed by atoms with Gasteiger partial charge < -0.3 is 16.8 Å². The van der Waals surface area contributed by atoms with Crippen molar-refractivity contribution in [2.75, 3.05) is 0 Å². The molecule has 0 aromatic carbocycles. The highest BCUT2D eigenvalue weighted by Gasteiger charge is 2.19. The molecule has 0 atom stereocenters. The Bertz CT molecular complexity index is 634. The number of halogens is 2. The first-order valence-electron chi connectivity index (χ1n) is 5.69. The Balaban J connectivity index is 0.00000133. The summed E-state index contributed by atoms with van der Waals surface area (Å²) in [5.41, 5.74) is 2.88. The van der Waals surface area contributed by atoms with Crippen molar-refractivity contribution < 1.29 is 22.1 Å². The zero-order chi connectivity index (χ0) is 12.5. The molecular weight excluding hydrogens is 283 g/mol. The molecule has 0 aliphatic carbocycles. The minimum Gasteiger partial charge on any atom is -1.00 e. The summed E-state index contributed by atoms with van der Waals surface area (Å²) in [6.45, 7) is 2.00. The third-order valence-corrected chi connectivity index (χ3v) is 3.27. The van der Waals surface area contributed by atoms with E-state index in [9.17, 15) is 0 Å². The van der Waals surface area contributed by atoms with Crippen LogP contribution >= 0.6 is 11.6 Å². The highest BCUT2D eigenvalue weighted by atomic mass is 35.5. The van der Waals surface area contributed by atoms with Crippen LogP contribution in [0.25, 0.3) is 11.3 Å². The molecule has 98 valence electrons. The molecule has 2 N–H and O–H groups in total. The summed E-state index contributed by atoms with van der Waals surface area (Å²) in [6.07, 6.45) is 9.42. The van der Waals surface area contributed by atoms with Gasteiger partial charge in [-0.15, -0.1) is 0 Å². The minimum absolute atomic E-state index is 0. The monoisotopic (exact) mass is 294 g/mol. The lowest BCUT2D eigenvalue weighted by Crippen LogP contribution is -3.00. The Labute approximate surface area is 122 Å². The number of rotatable bonds is 2. The first-order valence-corrected chi connectivity index (χ1v) is 6.07. The lowest BCUT2D eigenvalue weighted by Gasteiger charge is -1.99. The second-order valence-electron chi connectivity index (χ2n) is 4.10. The van der Waals surface area contributed by atoms with Gasteiger partial charge in [0, 0.05) is 17.9 Å². The van der Waals surface area contributed by atoms with E-state index in [-0.39, 0.29) is 12.4 Å². The molecule has 0 amide bonds. The molecule has 0 fully saturated rings. The van der Waals surface area contributed by atoms with Crippen LogP contribution in [0.1, 0.15) is 18.4 Å². The molecule has 0 bridgehead atoms. The maximum Gasteiger partial charge on any atom is 0.196 e. The molecule has 1 aromatic heterocycles. The summed E-state index contributed by atoms with van der Waals surface area (Å²) in [6, 6.07) is 3.88. The van der Waals surface area contributed by atoms with Gasteiger partial charge in [-0.3, -0.25) is 10.3 Å². The molecule has 2 aliphatic rings. The van der Waals surface area contributed by atoms with E-state index in [2.05, 4.69) is 4.99 Å². The summed E-state index contributed by atoms with van der Waals surface area (Å²) in [7, 11) is 0. The summed E-state index contributed by atoms with van der Waals surface area (Å²) in [5.74, 6) is 1.60. The highest BCUT2D eigenvalue weighted by molar-refractivity contribution is 6.34. The van der Waals surface area contributed by atoms with Crippen LogP contribution in [0.4, 0.5) is 0 Å². The summed E-state index contributed by atoms with van der Waals surface area (Å²) in [4.78, 5) is 4.26. The quantitative estimate of drug-likeness (QED) is 0.796. The van der Waals surface area contributed by atoms with Crippen molar-refractivity contribution in [1.29, 1.82) is 0 Å². The van der Waals surface area contributed by atoms with E-state index in [0.717, 1.165) is 28.5 Å². The standard InChI is InChI=1S/C14H11ClN2O.ClH/c1-9(11-3-2-7-16-11)12-4-5-13(18-12)14-10(15)6-8-17-14;/h2-8,17H,1H3;1H/b11-9-;. The zero-order valence-corrected chi connectivity index (χ0v) is 11.7. The molecular formula is C14H12Cl2N2O. The number of allylic oxidation sites excluding steroid dienone is 5. The second-order valence-corrected chi connectivity index (χ2v) is 4.51. The molecule has 0 saturated heterocycles. The van der Waals surface area contributed by atoms with Crippen molar-refractivity contribution in [2.24, 2.45) is 4.99 Å². The number of nitrogens with zero attached hydrogens (tertiary/aromatic N) is 1. The zero-order valence-electron chi connectivity index (χ0n) is 10.2. The van der Waals surface area contributed by atoms with E-state index in [4.69, 9.17) is 16.0 Å². The van der Waals surface area contributed by atoms with Gasteiger partial charge in [-0.1, -0.05) is 11.6 Å². The topological polar surface area (TPSA) is 42.1 Å². The molecule has 3 rings (SSSR count). The van der Waals surface area contributed by atoms with E-state index in [1.54, 1.807) is 6.21 Å². The Morgan fingerprint density at radius 2 is 2.16 bits per heavy atom. The normalized spacial score (nSPS) is 19.3. The van der Waals surface area contributed by atoms with Gasteiger partial charge in [0.25, 0.3) is 0 Å². The summed E-state index contributed by atoms with van der Waals surface area (Å²) >= 11 is 6.08. The predicted molar refractivity (Wildman–Crippen MR) is 72.8 cm³/mol. The summed E-state index contributed by atoms with van der Waals surface area (Å²) < 4.78 is 5.83. The van der Waals surface area contributed by atoms with E-state index in [0.29, 0.717) is 5.03 Å². The van der Waals surface area contributed by atoms with Crippen LogP contribution < -0.4 is 17.7 Å². The van der Waals surface area contributed by atoms with E-state index >= 15 is 0 Å². The molecule has 19 heavy (non-hydrogen) atoms. The predicted octanol–water partition coefficient (Wildman–Crippen LogP) is -0.347. The second kappa shape index (κ2) is 5.61. The van der Waals surface area contributed by atoms with Gasteiger partial charge in [-0.05, 0) is 31.2 Å². The van der Waals surface area contributed by atoms with Crippen molar-refractivity contribution in [3.63, 3.8) is 0 Å². The molecule has 2 aliphatic heterocycles. The van der Waals surface area contributed by atoms with Gasteiger partial charge >= 0.3 is 0 Å². The van der Waals surface area contributed by atoms with Crippen molar-refractivity contribution in [1.82, 2.24) is 0 Å². The fraction of sp³-hybridized carbons (Fsp3) is 0.0714. The van der Waals surface area contributed by atoms with E-state index in [1.165, 1.54) is 0 Å². The number of quaternary nitrogens is 1. The van der Waals surface area contributed by atoms with E-state index < -0.39 is 0 Å². The third-order valence-electron chi connectivity index (χ3n) is 2.94. The first-order chi connectivity index (χ1) is 8.75. The Hall–Kier alpha value is -1.55. The van der Waals surface area contributed by atoms with Crippen LogP contribution in [0.5, 0.6) is 0 Å². The fourth-order valence-corrected chi connectivity index (χ4v) is 2.16. The fourth-order valence-electron chi connectivity index (χ4n) is 1.93. The van der Waals surface area contributed by atoms with Gasteiger partial charge in [-0.25, -0.2) is 0 Å². The van der Waals surface area contributed by atoms with Crippen molar-refractivity contribution >= 4 is 29.1 Å². The molecule has 0 spiro atoms. The van der Waals surface area contributed by atoms with Crippen molar-refractivity contribution in [3.05, 3.63) is 58.8 Å². The molecule has 3 nitrogen and oxygen atoms in total. The largest absolute Gasteiger partial charge is 1.00 e. The third kappa shape index (κ3) is 2.59. The Kier molecular flexibility index (Phi) is 4.10. The van der Waals surface area contributed by atoms with Gasteiger partial charge in [-0.2, -0.15) is 0 Å². The Morgan fingerprint density at radius 3 is 2.79 bits per heavy atom. The molecule has 0 radical (unpaired) electrons. The smallest absolute Gasteiger partial charge is 0.196 e. The lowest BCUT2D eigenvalue weighted by atomic mass is 10.2. The number of nitrogens with two attached hydrogens (primary N) is 1. The van der Waals surface area contributed by atoms with Crippen LogP contribution in [0, 0.1) is 0 Å². The SMILES string of the molecule is C/C(=C1\C=CC=N1)c1ccc(C2=C(Cl)C=C[NH2+]2)o1.[Cl-]. The van der Waals surface area contributed by atoms with Gasteiger partial charge in [0.2, 0.25) is 0 Å². The van der Waals surface area contributed by atoms with Gasteiger partial charge in [0.05, 0.1) is 11.9 Å². The minimum atomic E-state index is 0. The summed E-state index contributed by atoms with van der Waals surface area (Å²) in [5, 5.41) is 2.65. The number of aliphatic imine (C=N–C) groups is 1. The van der Waals surface area contributed by atoms with Gasteiger partial charge in [0.1, 0.15) is 10.8 Å². The molecule has 5 heteroatoms. The molecule has 0 unspecified atom stereocenters. The van der Waals surface area contributed by atoms with Crippen molar-refractivity contribution in [3.8, 4) is 0 Å². The molecule has 1 aromatic rings. The average molecular weight is 295 g/mol. The first kappa shape index (κ1) is 13.9. The number of hydrogen-bond acceptors (Lipinski definition) is 2. The maximum atomic E-state index is 6.08. The molecule has 3 heterocycles. The van der Waals surface area contributed by atoms with Crippen LogP contribution in [-0.2, 0) is 0 Å². The van der Waals surface area contributed by atoms with Crippen LogP contribution in [0.3, 0.4) is 0 Å². The maximum absolute atomic E-state index is 6.08. The number of hydrogen-bond donors (Lipinski definition) is 1. The van der Waals surface area contributed by atoms with Gasteiger partial charge in [0.15, 0.2) is 11.5 Å². The van der Waals surface area contributed by atoms with Crippen LogP contribution in [-0.4, -0.2) is 6.21 Å². The Morgan fingerprint density at radius 1 is 1.32 bits per heavy atom. The highest BCUT2D eigenvalue weighted by Crippen LogP contribution is 2.27. The average Bonchev–Trinajstić information content (AvgIpc) is 3.09.